The van der Waals surface area contributed by atoms with E-state index in [1.807, 2.05) is 0 Å². The minimum absolute atomic E-state index is 0.0224. The normalized spacial score (nSPS) is 12.6. The van der Waals surface area contributed by atoms with Gasteiger partial charge in [-0.3, -0.25) is 0 Å². The number of aliphatic hydroxyl groups is 1. The van der Waals surface area contributed by atoms with Crippen LogP contribution in [-0.2, 0) is 0 Å². The second kappa shape index (κ2) is 5.12. The number of benzene rings is 1. The van der Waals surface area contributed by atoms with E-state index in [9.17, 15) is 8.78 Å². The number of hydrogen-bond acceptors (Lipinski definition) is 2. The van der Waals surface area contributed by atoms with E-state index in [1.165, 1.54) is 12.1 Å². The molecule has 1 aromatic rings. The van der Waals surface area contributed by atoms with Crippen molar-refractivity contribution >= 4 is 17.3 Å². The lowest BCUT2D eigenvalue weighted by Crippen LogP contribution is -2.21. The summed E-state index contributed by atoms with van der Waals surface area (Å²) < 4.78 is 25.7. The molecule has 2 nitrogen and oxygen atoms in total. The van der Waals surface area contributed by atoms with E-state index in [1.54, 1.807) is 0 Å². The lowest BCUT2D eigenvalue weighted by molar-refractivity contribution is 0.211. The Morgan fingerprint density at radius 3 is 2.79 bits per heavy atom. The van der Waals surface area contributed by atoms with Gasteiger partial charge in [0.1, 0.15) is 0 Å². The molecule has 1 unspecified atom stereocenters. The molecule has 14 heavy (non-hydrogen) atoms. The number of anilines is 1. The highest BCUT2D eigenvalue weighted by molar-refractivity contribution is 6.18. The fraction of sp³-hybridized carbons (Fsp3) is 0.333. The average molecular weight is 222 g/mol. The second-order valence-electron chi connectivity index (χ2n) is 2.79. The molecule has 1 rings (SSSR count). The first kappa shape index (κ1) is 11.2. The molecule has 0 spiro atoms. The number of hydrogen-bond donors (Lipinski definition) is 2. The zero-order valence-electron chi connectivity index (χ0n) is 7.30. The number of halogens is 3. The highest BCUT2D eigenvalue weighted by atomic mass is 35.5. The molecular formula is C9H10ClF2NO. The Morgan fingerprint density at radius 2 is 2.14 bits per heavy atom. The molecule has 0 fully saturated rings. The van der Waals surface area contributed by atoms with Gasteiger partial charge in [-0.2, -0.15) is 0 Å². The Bertz CT molecular complexity index is 309. The molecule has 0 aromatic heterocycles. The van der Waals surface area contributed by atoms with Crippen LogP contribution in [-0.4, -0.2) is 23.6 Å². The second-order valence-corrected chi connectivity index (χ2v) is 3.10. The Labute approximate surface area is 85.5 Å². The first-order valence-electron chi connectivity index (χ1n) is 4.07. The van der Waals surface area contributed by atoms with E-state index in [0.29, 0.717) is 0 Å². The van der Waals surface area contributed by atoms with Crippen LogP contribution in [0, 0.1) is 11.6 Å². The van der Waals surface area contributed by atoms with Crippen molar-refractivity contribution in [2.75, 3.05) is 17.7 Å². The fourth-order valence-electron chi connectivity index (χ4n) is 0.923. The van der Waals surface area contributed by atoms with Crippen molar-refractivity contribution in [3.8, 4) is 0 Å². The minimum Gasteiger partial charge on any atom is -0.390 e. The van der Waals surface area contributed by atoms with E-state index in [4.69, 9.17) is 16.7 Å². The lowest BCUT2D eigenvalue weighted by Gasteiger charge is -2.10. The molecule has 0 bridgehead atoms. The zero-order chi connectivity index (χ0) is 10.6. The van der Waals surface area contributed by atoms with Crippen molar-refractivity contribution in [1.29, 1.82) is 0 Å². The minimum atomic E-state index is -0.950. The lowest BCUT2D eigenvalue weighted by atomic mass is 10.3. The van der Waals surface area contributed by atoms with Crippen LogP contribution < -0.4 is 5.32 Å². The summed E-state index contributed by atoms with van der Waals surface area (Å²) in [6.07, 6.45) is -0.778. The number of rotatable bonds is 4. The Hall–Kier alpha value is -0.870. The van der Waals surface area contributed by atoms with Gasteiger partial charge < -0.3 is 10.4 Å². The largest absolute Gasteiger partial charge is 0.390 e. The molecule has 0 saturated carbocycles. The van der Waals surface area contributed by atoms with Crippen LogP contribution in [0.1, 0.15) is 0 Å². The first-order valence-corrected chi connectivity index (χ1v) is 4.60. The zero-order valence-corrected chi connectivity index (χ0v) is 8.06. The van der Waals surface area contributed by atoms with Gasteiger partial charge in [0.25, 0.3) is 0 Å². The molecule has 0 amide bonds. The summed E-state index contributed by atoms with van der Waals surface area (Å²) in [6.45, 7) is 0.0872. The van der Waals surface area contributed by atoms with Gasteiger partial charge in [0, 0.05) is 6.54 Å². The van der Waals surface area contributed by atoms with Gasteiger partial charge in [0.15, 0.2) is 11.6 Å². The van der Waals surface area contributed by atoms with Gasteiger partial charge in [-0.1, -0.05) is 6.07 Å². The van der Waals surface area contributed by atoms with Crippen LogP contribution in [0.15, 0.2) is 18.2 Å². The standard InChI is InChI=1S/C9H10ClF2NO/c10-4-6(14)5-13-8-3-1-2-7(11)9(8)12/h1-3,6,13-14H,4-5H2. The maximum Gasteiger partial charge on any atom is 0.181 e. The molecule has 0 heterocycles. The topological polar surface area (TPSA) is 32.3 Å². The number of aliphatic hydroxyl groups excluding tert-OH is 1. The maximum absolute atomic E-state index is 13.0. The van der Waals surface area contributed by atoms with Crippen LogP contribution in [0.25, 0.3) is 0 Å². The van der Waals surface area contributed by atoms with Crippen LogP contribution >= 0.6 is 11.6 Å². The smallest absolute Gasteiger partial charge is 0.181 e. The van der Waals surface area contributed by atoms with Crippen LogP contribution in [0.3, 0.4) is 0 Å². The van der Waals surface area contributed by atoms with Crippen molar-refractivity contribution in [2.45, 2.75) is 6.10 Å². The summed E-state index contributed by atoms with van der Waals surface area (Å²) in [5.74, 6) is -1.83. The predicted octanol–water partition coefficient (Wildman–Crippen LogP) is 1.98. The van der Waals surface area contributed by atoms with Crippen LogP contribution in [0.2, 0.25) is 0 Å². The van der Waals surface area contributed by atoms with Crippen LogP contribution in [0.5, 0.6) is 0 Å². The molecule has 0 saturated heterocycles. The van der Waals surface area contributed by atoms with E-state index < -0.39 is 17.7 Å². The van der Waals surface area contributed by atoms with E-state index in [0.717, 1.165) is 6.07 Å². The summed E-state index contributed by atoms with van der Waals surface area (Å²) >= 11 is 5.33. The monoisotopic (exact) mass is 221 g/mol. The summed E-state index contributed by atoms with van der Waals surface area (Å²) in [5.41, 5.74) is 0.0224. The Morgan fingerprint density at radius 1 is 1.43 bits per heavy atom. The van der Waals surface area contributed by atoms with Gasteiger partial charge in [-0.15, -0.1) is 11.6 Å². The van der Waals surface area contributed by atoms with Gasteiger partial charge >= 0.3 is 0 Å². The summed E-state index contributed by atoms with van der Waals surface area (Å²) in [5, 5.41) is 11.6. The first-order chi connectivity index (χ1) is 6.65. The number of alkyl halides is 1. The van der Waals surface area contributed by atoms with Crippen molar-refractivity contribution < 1.29 is 13.9 Å². The third-order valence-corrected chi connectivity index (χ3v) is 2.01. The molecule has 1 aromatic carbocycles. The van der Waals surface area contributed by atoms with Crippen LogP contribution in [0.4, 0.5) is 14.5 Å². The van der Waals surface area contributed by atoms with E-state index >= 15 is 0 Å². The quantitative estimate of drug-likeness (QED) is 0.762. The van der Waals surface area contributed by atoms with Gasteiger partial charge in [-0.05, 0) is 12.1 Å². The molecule has 0 aliphatic heterocycles. The summed E-state index contributed by atoms with van der Waals surface area (Å²) in [4.78, 5) is 0. The van der Waals surface area contributed by atoms with Gasteiger partial charge in [-0.25, -0.2) is 8.78 Å². The average Bonchev–Trinajstić information content (AvgIpc) is 2.20. The third-order valence-electron chi connectivity index (χ3n) is 1.66. The Kier molecular flexibility index (Phi) is 4.10. The summed E-state index contributed by atoms with van der Waals surface area (Å²) in [7, 11) is 0. The highest BCUT2D eigenvalue weighted by Gasteiger charge is 2.08. The van der Waals surface area contributed by atoms with E-state index in [2.05, 4.69) is 5.32 Å². The Balaban J connectivity index is 2.63. The highest BCUT2D eigenvalue weighted by Crippen LogP contribution is 2.16. The molecule has 0 aliphatic carbocycles. The maximum atomic E-state index is 13.0. The SMILES string of the molecule is OC(CCl)CNc1cccc(F)c1F. The van der Waals surface area contributed by atoms with Crippen molar-refractivity contribution in [1.82, 2.24) is 0 Å². The molecule has 2 N–H and O–H groups in total. The molecule has 0 aliphatic rings. The predicted molar refractivity (Wildman–Crippen MR) is 51.6 cm³/mol. The van der Waals surface area contributed by atoms with Crippen molar-refractivity contribution in [3.63, 3.8) is 0 Å². The van der Waals surface area contributed by atoms with Crippen molar-refractivity contribution in [3.05, 3.63) is 29.8 Å². The molecule has 5 heteroatoms. The third kappa shape index (κ3) is 2.82. The van der Waals surface area contributed by atoms with Gasteiger partial charge in [0.2, 0.25) is 0 Å². The van der Waals surface area contributed by atoms with Gasteiger partial charge in [0.05, 0.1) is 17.7 Å². The van der Waals surface area contributed by atoms with E-state index in [-0.39, 0.29) is 18.1 Å². The molecule has 78 valence electrons. The number of nitrogens with one attached hydrogen (secondary N) is 1. The molecular weight excluding hydrogens is 212 g/mol. The van der Waals surface area contributed by atoms with Crippen molar-refractivity contribution in [2.24, 2.45) is 0 Å². The molecule has 1 atom stereocenters. The summed E-state index contributed by atoms with van der Waals surface area (Å²) in [6, 6.07) is 3.80. The molecule has 0 radical (unpaired) electrons. The fourth-order valence-corrected chi connectivity index (χ4v) is 1.03.